The second kappa shape index (κ2) is 14.2. The Morgan fingerprint density at radius 3 is 1.14 bits per heavy atom. The van der Waals surface area contributed by atoms with Crippen LogP contribution in [0, 0.1) is 0 Å². The van der Waals surface area contributed by atoms with Gasteiger partial charge in [-0.1, -0.05) is 108 Å². The van der Waals surface area contributed by atoms with E-state index < -0.39 is 0 Å². The molecule has 0 saturated heterocycles. The summed E-state index contributed by atoms with van der Waals surface area (Å²) in [5.74, 6) is 0.637. The van der Waals surface area contributed by atoms with Crippen LogP contribution in [0.15, 0.2) is 34.3 Å². The van der Waals surface area contributed by atoms with Gasteiger partial charge in [0.05, 0.1) is 12.1 Å². The number of benzene rings is 2. The van der Waals surface area contributed by atoms with E-state index in [0.717, 1.165) is 47.9 Å². The van der Waals surface area contributed by atoms with Crippen LogP contribution in [0.5, 0.6) is 11.5 Å². The average molecular weight is 726 g/mol. The molecule has 234 valence electrons. The average Bonchev–Trinajstić information content (AvgIpc) is 2.80. The molecule has 2 atom stereocenters. The summed E-state index contributed by atoms with van der Waals surface area (Å²) in [7, 11) is 0. The van der Waals surface area contributed by atoms with Crippen molar-refractivity contribution in [2.24, 2.45) is 9.98 Å². The van der Waals surface area contributed by atoms with E-state index in [-0.39, 0.29) is 75.1 Å². The van der Waals surface area contributed by atoms with E-state index in [1.807, 2.05) is 12.4 Å². The first-order chi connectivity index (χ1) is 18.2. The standard InChI is InChI=1S/C36H54N2O2.Cr.HI/c1-33(2,3)25-17-23(31(39)27(19-25)35(7,8)9)21-37-29-15-13-14-16-30(29)38-22-24-18-26(34(4,5)6)20-28(32(24)40)36(10,11)12;;/h17-22,29-30,39-40H,13-16H2,1-12H3;;1H/p-1/t29-,30-;;/m1../s1. The zero-order valence-corrected chi connectivity index (χ0v) is 31.5. The first-order valence-corrected chi connectivity index (χ1v) is 15.0. The molecular weight excluding hydrogens is 671 g/mol. The molecule has 6 heteroatoms. The van der Waals surface area contributed by atoms with Crippen molar-refractivity contribution in [1.82, 2.24) is 0 Å². The van der Waals surface area contributed by atoms with Crippen LogP contribution in [0.25, 0.3) is 0 Å². The molecule has 0 unspecified atom stereocenters. The van der Waals surface area contributed by atoms with Gasteiger partial charge in [0.1, 0.15) is 11.5 Å². The van der Waals surface area contributed by atoms with Gasteiger partial charge in [0.15, 0.2) is 0 Å². The van der Waals surface area contributed by atoms with E-state index in [0.29, 0.717) is 11.5 Å². The Hall–Kier alpha value is -1.36. The number of rotatable bonds is 4. The molecule has 0 aromatic heterocycles. The summed E-state index contributed by atoms with van der Waals surface area (Å²) < 4.78 is 0. The number of nitrogens with zero attached hydrogens (tertiary/aromatic N) is 2. The number of aromatic hydroxyl groups is 2. The molecule has 1 fully saturated rings. The van der Waals surface area contributed by atoms with Crippen molar-refractivity contribution >= 4 is 12.4 Å². The summed E-state index contributed by atoms with van der Waals surface area (Å²) >= 11 is 0. The van der Waals surface area contributed by atoms with Gasteiger partial charge in [-0.2, -0.15) is 0 Å². The molecule has 0 heterocycles. The Balaban J connectivity index is 0.00000441. The minimum absolute atomic E-state index is 0. The van der Waals surface area contributed by atoms with Crippen molar-refractivity contribution in [3.63, 3.8) is 0 Å². The zero-order chi connectivity index (χ0) is 30.3. The van der Waals surface area contributed by atoms with Crippen LogP contribution in [0.1, 0.15) is 142 Å². The topological polar surface area (TPSA) is 65.2 Å². The van der Waals surface area contributed by atoms with Crippen molar-refractivity contribution in [2.45, 2.75) is 143 Å². The van der Waals surface area contributed by atoms with Crippen molar-refractivity contribution < 1.29 is 51.6 Å². The summed E-state index contributed by atoms with van der Waals surface area (Å²) in [5.41, 5.74) is 5.39. The van der Waals surface area contributed by atoms with E-state index in [1.54, 1.807) is 0 Å². The molecule has 0 bridgehead atoms. The fourth-order valence-corrected chi connectivity index (χ4v) is 5.31. The molecule has 1 saturated carbocycles. The van der Waals surface area contributed by atoms with Crippen LogP contribution in [0.4, 0.5) is 0 Å². The van der Waals surface area contributed by atoms with Crippen LogP contribution in [0.3, 0.4) is 0 Å². The fourth-order valence-electron chi connectivity index (χ4n) is 5.31. The largest absolute Gasteiger partial charge is 1.00 e. The van der Waals surface area contributed by atoms with Crippen molar-refractivity contribution in [2.75, 3.05) is 0 Å². The van der Waals surface area contributed by atoms with Gasteiger partial charge in [-0.3, -0.25) is 9.98 Å². The quantitative estimate of drug-likeness (QED) is 0.294. The molecule has 0 spiro atoms. The van der Waals surface area contributed by atoms with Gasteiger partial charge in [0.2, 0.25) is 0 Å². The maximum atomic E-state index is 11.2. The van der Waals surface area contributed by atoms with E-state index in [1.165, 1.54) is 11.1 Å². The maximum Gasteiger partial charge on any atom is 0.128 e. The molecule has 2 N–H and O–H groups in total. The van der Waals surface area contributed by atoms with Gasteiger partial charge >= 0.3 is 0 Å². The van der Waals surface area contributed by atoms with Gasteiger partial charge in [-0.05, 0) is 57.8 Å². The van der Waals surface area contributed by atoms with E-state index in [9.17, 15) is 10.2 Å². The van der Waals surface area contributed by atoms with Crippen LogP contribution in [0.2, 0.25) is 0 Å². The number of phenolic OH excluding ortho intramolecular Hbond substituents is 2. The Labute approximate surface area is 284 Å². The minimum Gasteiger partial charge on any atom is -1.00 e. The number of hydrogen-bond donors (Lipinski definition) is 2. The zero-order valence-electron chi connectivity index (χ0n) is 28.0. The summed E-state index contributed by atoms with van der Waals surface area (Å²) in [6, 6.07) is 8.53. The first kappa shape index (κ1) is 38.7. The second-order valence-corrected chi connectivity index (χ2v) is 15.9. The number of halogens is 1. The second-order valence-electron chi connectivity index (χ2n) is 15.9. The van der Waals surface area contributed by atoms with E-state index >= 15 is 0 Å². The third kappa shape index (κ3) is 9.57. The molecule has 1 aliphatic carbocycles. The van der Waals surface area contributed by atoms with Crippen LogP contribution in [-0.2, 0) is 39.0 Å². The number of hydrogen-bond acceptors (Lipinski definition) is 4. The van der Waals surface area contributed by atoms with Gasteiger partial charge in [0.25, 0.3) is 0 Å². The smallest absolute Gasteiger partial charge is 0.128 e. The van der Waals surface area contributed by atoms with Crippen LogP contribution in [-0.4, -0.2) is 34.7 Å². The summed E-state index contributed by atoms with van der Waals surface area (Å²) in [4.78, 5) is 10.1. The van der Waals surface area contributed by atoms with Crippen molar-refractivity contribution in [3.8, 4) is 11.5 Å². The number of phenols is 2. The molecule has 4 nitrogen and oxygen atoms in total. The van der Waals surface area contributed by atoms with E-state index in [2.05, 4.69) is 107 Å². The predicted molar refractivity (Wildman–Crippen MR) is 172 cm³/mol. The molecule has 3 rings (SSSR count). The minimum atomic E-state index is -0.179. The van der Waals surface area contributed by atoms with Crippen molar-refractivity contribution in [1.29, 1.82) is 0 Å². The van der Waals surface area contributed by atoms with Crippen molar-refractivity contribution in [3.05, 3.63) is 57.6 Å². The third-order valence-corrected chi connectivity index (χ3v) is 8.13. The third-order valence-electron chi connectivity index (χ3n) is 8.13. The van der Waals surface area contributed by atoms with Crippen LogP contribution < -0.4 is 24.0 Å². The molecule has 0 radical (unpaired) electrons. The fraction of sp³-hybridized carbons (Fsp3) is 0.611. The Morgan fingerprint density at radius 2 is 0.881 bits per heavy atom. The van der Waals surface area contributed by atoms with Gasteiger partial charge in [0, 0.05) is 52.0 Å². The molecule has 0 amide bonds. The Kier molecular flexibility index (Phi) is 13.0. The van der Waals surface area contributed by atoms with Gasteiger partial charge in [-0.15, -0.1) is 0 Å². The number of aliphatic imine (C=N–C) groups is 2. The van der Waals surface area contributed by atoms with Crippen LogP contribution >= 0.6 is 0 Å². The molecule has 2 aromatic carbocycles. The molecule has 1 aliphatic rings. The summed E-state index contributed by atoms with van der Waals surface area (Å²) in [6.45, 7) is 26.0. The Bertz CT molecular complexity index is 1170. The maximum absolute atomic E-state index is 11.2. The monoisotopic (exact) mass is 725 g/mol. The summed E-state index contributed by atoms with van der Waals surface area (Å²) in [5, 5.41) is 22.5. The first-order valence-electron chi connectivity index (χ1n) is 15.0. The predicted octanol–water partition coefficient (Wildman–Crippen LogP) is 6.14. The molecule has 42 heavy (non-hydrogen) atoms. The molecule has 2 aromatic rings. The molecule has 0 aliphatic heterocycles. The van der Waals surface area contributed by atoms with E-state index in [4.69, 9.17) is 9.98 Å². The normalized spacial score (nSPS) is 18.7. The Morgan fingerprint density at radius 1 is 0.571 bits per heavy atom. The molecular formula is C36H54CrIN2O2-. The summed E-state index contributed by atoms with van der Waals surface area (Å²) in [6.07, 6.45) is 7.90. The van der Waals surface area contributed by atoms with Gasteiger partial charge in [-0.25, -0.2) is 0 Å². The van der Waals surface area contributed by atoms with Gasteiger partial charge < -0.3 is 34.2 Å². The SMILES string of the molecule is CC(C)(C)c1cc(C=N[C@@H]2CCCC[C@H]2N=Cc2cc(C(C)(C)C)cc(C(C)(C)C)c2O)c(O)c(C(C)(C)C)c1.[Cr].[I-].